The Hall–Kier alpha value is -0.910. The zero-order valence-corrected chi connectivity index (χ0v) is 12.3. The quantitative estimate of drug-likeness (QED) is 0.865. The molecule has 0 aromatic heterocycles. The number of rotatable bonds is 2. The van der Waals surface area contributed by atoms with Gasteiger partial charge in [-0.05, 0) is 36.6 Å². The van der Waals surface area contributed by atoms with Crippen LogP contribution in [-0.2, 0) is 20.5 Å². The molecule has 4 nitrogen and oxygen atoms in total. The lowest BCUT2D eigenvalue weighted by atomic mass is 9.68. The van der Waals surface area contributed by atoms with Crippen molar-refractivity contribution in [2.75, 3.05) is 19.8 Å². The molecule has 1 aromatic carbocycles. The molecule has 0 saturated carbocycles. The van der Waals surface area contributed by atoms with Gasteiger partial charge in [0.15, 0.2) is 0 Å². The van der Waals surface area contributed by atoms with Crippen LogP contribution >= 0.6 is 15.9 Å². The van der Waals surface area contributed by atoms with Crippen molar-refractivity contribution in [3.8, 4) is 0 Å². The minimum Gasteiger partial charge on any atom is -0.396 e. The van der Waals surface area contributed by atoms with Gasteiger partial charge in [0, 0.05) is 11.1 Å². The summed E-state index contributed by atoms with van der Waals surface area (Å²) in [5, 5.41) is 12.4. The number of amides is 1. The Bertz CT molecular complexity index is 541. The first-order valence-corrected chi connectivity index (χ1v) is 7.13. The Morgan fingerprint density at radius 2 is 2.16 bits per heavy atom. The zero-order chi connectivity index (χ0) is 13.7. The van der Waals surface area contributed by atoms with Crippen LogP contribution in [0.4, 0.5) is 0 Å². The fourth-order valence-electron chi connectivity index (χ4n) is 2.94. The standard InChI is InChI=1S/C14H16BrNO3/c1-13(4-5-17)11-6-9(15)2-3-10(11)14(7-19-8-14)16-12(13)18/h2-3,6,17H,4-5,7-8H2,1H3,(H,16,18). The van der Waals surface area contributed by atoms with Crippen molar-refractivity contribution in [1.82, 2.24) is 5.32 Å². The summed E-state index contributed by atoms with van der Waals surface area (Å²) in [6.45, 7) is 2.90. The van der Waals surface area contributed by atoms with E-state index < -0.39 is 5.41 Å². The first-order valence-electron chi connectivity index (χ1n) is 6.34. The predicted molar refractivity (Wildman–Crippen MR) is 73.8 cm³/mol. The molecule has 1 spiro atoms. The van der Waals surface area contributed by atoms with Gasteiger partial charge in [0.1, 0.15) is 5.54 Å². The van der Waals surface area contributed by atoms with E-state index in [1.54, 1.807) is 0 Å². The molecule has 2 aliphatic rings. The van der Waals surface area contributed by atoms with Crippen LogP contribution in [0.2, 0.25) is 0 Å². The van der Waals surface area contributed by atoms with Gasteiger partial charge in [0.05, 0.1) is 18.6 Å². The fourth-order valence-corrected chi connectivity index (χ4v) is 3.30. The summed E-state index contributed by atoms with van der Waals surface area (Å²) in [4.78, 5) is 12.5. The SMILES string of the molecule is CC1(CCO)C(=O)NC2(COC2)c2ccc(Br)cc21. The highest BCUT2D eigenvalue weighted by Gasteiger charge is 2.53. The molecule has 5 heteroatoms. The van der Waals surface area contributed by atoms with Crippen LogP contribution in [0.5, 0.6) is 0 Å². The molecule has 3 rings (SSSR count). The number of aliphatic hydroxyl groups is 1. The van der Waals surface area contributed by atoms with Gasteiger partial charge in [-0.15, -0.1) is 0 Å². The third kappa shape index (κ3) is 1.75. The third-order valence-corrected chi connectivity index (χ3v) is 4.75. The van der Waals surface area contributed by atoms with E-state index in [1.807, 2.05) is 25.1 Å². The highest BCUT2D eigenvalue weighted by atomic mass is 79.9. The number of hydrogen-bond acceptors (Lipinski definition) is 3. The maximum Gasteiger partial charge on any atom is 0.231 e. The predicted octanol–water partition coefficient (Wildman–Crippen LogP) is 1.44. The molecule has 1 unspecified atom stereocenters. The summed E-state index contributed by atoms with van der Waals surface area (Å²) in [6, 6.07) is 6.01. The van der Waals surface area contributed by atoms with Crippen molar-refractivity contribution in [1.29, 1.82) is 0 Å². The van der Waals surface area contributed by atoms with Gasteiger partial charge in [0.2, 0.25) is 5.91 Å². The lowest BCUT2D eigenvalue weighted by Gasteiger charge is -2.50. The largest absolute Gasteiger partial charge is 0.396 e. The van der Waals surface area contributed by atoms with Crippen molar-refractivity contribution >= 4 is 21.8 Å². The number of carbonyl (C=O) groups is 1. The van der Waals surface area contributed by atoms with Crippen LogP contribution in [0.25, 0.3) is 0 Å². The normalized spacial score (nSPS) is 27.6. The highest BCUT2D eigenvalue weighted by Crippen LogP contribution is 2.44. The maximum atomic E-state index is 12.5. The summed E-state index contributed by atoms with van der Waals surface area (Å²) in [5.74, 6) is -0.0320. The van der Waals surface area contributed by atoms with Crippen LogP contribution in [-0.4, -0.2) is 30.8 Å². The molecule has 1 amide bonds. The van der Waals surface area contributed by atoms with E-state index in [1.165, 1.54) is 0 Å². The summed E-state index contributed by atoms with van der Waals surface area (Å²) in [5.41, 5.74) is 1.04. The van der Waals surface area contributed by atoms with Crippen LogP contribution in [0, 0.1) is 0 Å². The van der Waals surface area contributed by atoms with Crippen molar-refractivity contribution in [3.05, 3.63) is 33.8 Å². The number of carbonyl (C=O) groups excluding carboxylic acids is 1. The van der Waals surface area contributed by atoms with E-state index in [2.05, 4.69) is 21.2 Å². The van der Waals surface area contributed by atoms with Gasteiger partial charge in [-0.25, -0.2) is 0 Å². The van der Waals surface area contributed by atoms with E-state index in [0.717, 1.165) is 15.6 Å². The Morgan fingerprint density at radius 1 is 1.42 bits per heavy atom. The number of hydrogen-bond donors (Lipinski definition) is 2. The second kappa shape index (κ2) is 4.30. The molecule has 2 N–H and O–H groups in total. The molecule has 102 valence electrons. The third-order valence-electron chi connectivity index (χ3n) is 4.25. The van der Waals surface area contributed by atoms with Crippen molar-refractivity contribution in [3.63, 3.8) is 0 Å². The Balaban J connectivity index is 2.19. The fraction of sp³-hybridized carbons (Fsp3) is 0.500. The Kier molecular flexibility index (Phi) is 2.96. The number of ether oxygens (including phenoxy) is 1. The number of fused-ring (bicyclic) bond motifs is 2. The van der Waals surface area contributed by atoms with Crippen molar-refractivity contribution in [2.24, 2.45) is 0 Å². The number of halogens is 1. The van der Waals surface area contributed by atoms with Crippen LogP contribution < -0.4 is 5.32 Å². The van der Waals surface area contributed by atoms with Gasteiger partial charge in [-0.1, -0.05) is 22.0 Å². The van der Waals surface area contributed by atoms with E-state index in [0.29, 0.717) is 19.6 Å². The maximum absolute atomic E-state index is 12.5. The molecule has 0 aliphatic carbocycles. The molecular weight excluding hydrogens is 310 g/mol. The van der Waals surface area contributed by atoms with Crippen molar-refractivity contribution < 1.29 is 14.6 Å². The van der Waals surface area contributed by atoms with E-state index in [4.69, 9.17) is 4.74 Å². The van der Waals surface area contributed by atoms with Gasteiger partial charge in [-0.2, -0.15) is 0 Å². The molecular formula is C14H16BrNO3. The average molecular weight is 326 g/mol. The lowest BCUT2D eigenvalue weighted by molar-refractivity contribution is -0.142. The van der Waals surface area contributed by atoms with Gasteiger partial charge >= 0.3 is 0 Å². The summed E-state index contributed by atoms with van der Waals surface area (Å²) in [6.07, 6.45) is 0.416. The highest BCUT2D eigenvalue weighted by molar-refractivity contribution is 9.10. The smallest absolute Gasteiger partial charge is 0.231 e. The van der Waals surface area contributed by atoms with Gasteiger partial charge in [0.25, 0.3) is 0 Å². The molecule has 1 aromatic rings. The molecule has 1 saturated heterocycles. The van der Waals surface area contributed by atoms with Crippen LogP contribution in [0.1, 0.15) is 24.5 Å². The monoisotopic (exact) mass is 325 g/mol. The summed E-state index contributed by atoms with van der Waals surface area (Å²) < 4.78 is 6.25. The second-order valence-electron chi connectivity index (χ2n) is 5.52. The van der Waals surface area contributed by atoms with Crippen LogP contribution in [0.3, 0.4) is 0 Å². The summed E-state index contributed by atoms with van der Waals surface area (Å²) in [7, 11) is 0. The molecule has 2 heterocycles. The lowest BCUT2D eigenvalue weighted by Crippen LogP contribution is -2.66. The Morgan fingerprint density at radius 3 is 2.74 bits per heavy atom. The van der Waals surface area contributed by atoms with Crippen LogP contribution in [0.15, 0.2) is 22.7 Å². The first-order chi connectivity index (χ1) is 9.02. The minimum atomic E-state index is -0.686. The molecule has 1 fully saturated rings. The molecule has 0 bridgehead atoms. The van der Waals surface area contributed by atoms with E-state index >= 15 is 0 Å². The summed E-state index contributed by atoms with van der Waals surface area (Å²) >= 11 is 3.47. The zero-order valence-electron chi connectivity index (χ0n) is 10.7. The molecule has 0 radical (unpaired) electrons. The Labute approximate surface area is 120 Å². The van der Waals surface area contributed by atoms with E-state index in [9.17, 15) is 9.90 Å². The molecule has 2 aliphatic heterocycles. The van der Waals surface area contributed by atoms with Gasteiger partial charge in [-0.3, -0.25) is 4.79 Å². The van der Waals surface area contributed by atoms with Gasteiger partial charge < -0.3 is 15.2 Å². The number of benzene rings is 1. The topological polar surface area (TPSA) is 58.6 Å². The minimum absolute atomic E-state index is 0.0145. The second-order valence-corrected chi connectivity index (χ2v) is 6.44. The van der Waals surface area contributed by atoms with Crippen molar-refractivity contribution in [2.45, 2.75) is 24.3 Å². The molecule has 1 atom stereocenters. The first kappa shape index (κ1) is 13.1. The number of aliphatic hydroxyl groups excluding tert-OH is 1. The molecule has 19 heavy (non-hydrogen) atoms. The van der Waals surface area contributed by atoms with E-state index in [-0.39, 0.29) is 18.1 Å². The number of nitrogens with one attached hydrogen (secondary N) is 1. The average Bonchev–Trinajstić information content (AvgIpc) is 2.33.